The molecule has 5 heteroatoms. The summed E-state index contributed by atoms with van der Waals surface area (Å²) in [7, 11) is -3.54. The first-order valence-corrected chi connectivity index (χ1v) is 9.28. The van der Waals surface area contributed by atoms with Gasteiger partial charge in [0.25, 0.3) is 10.0 Å². The van der Waals surface area contributed by atoms with Crippen molar-refractivity contribution in [3.63, 3.8) is 0 Å². The minimum Gasteiger partial charge on any atom is -0.385 e. The second kappa shape index (κ2) is 7.51. The Kier molecular flexibility index (Phi) is 5.66. The van der Waals surface area contributed by atoms with Crippen LogP contribution in [0.5, 0.6) is 0 Å². The molecule has 0 spiro atoms. The van der Waals surface area contributed by atoms with Crippen molar-refractivity contribution in [1.29, 1.82) is 0 Å². The molecule has 0 aliphatic heterocycles. The van der Waals surface area contributed by atoms with E-state index in [9.17, 15) is 8.42 Å². The lowest BCUT2D eigenvalue weighted by Crippen LogP contribution is -2.13. The van der Waals surface area contributed by atoms with Crippen molar-refractivity contribution in [2.24, 2.45) is 5.92 Å². The van der Waals surface area contributed by atoms with E-state index in [4.69, 9.17) is 0 Å². The minimum absolute atomic E-state index is 0.266. The van der Waals surface area contributed by atoms with Gasteiger partial charge in [0.2, 0.25) is 0 Å². The first-order valence-electron chi connectivity index (χ1n) is 7.80. The van der Waals surface area contributed by atoms with E-state index in [1.807, 2.05) is 19.1 Å². The van der Waals surface area contributed by atoms with Gasteiger partial charge in [0.15, 0.2) is 0 Å². The molecule has 2 rings (SSSR count). The number of sulfonamides is 1. The van der Waals surface area contributed by atoms with Crippen molar-refractivity contribution in [1.82, 2.24) is 0 Å². The lowest BCUT2D eigenvalue weighted by molar-refractivity contribution is 0.601. The van der Waals surface area contributed by atoms with E-state index in [0.717, 1.165) is 24.2 Å². The van der Waals surface area contributed by atoms with Crippen molar-refractivity contribution >= 4 is 21.4 Å². The smallest absolute Gasteiger partial charge is 0.261 e. The highest BCUT2D eigenvalue weighted by molar-refractivity contribution is 7.92. The molecule has 124 valence electrons. The zero-order chi connectivity index (χ0) is 16.9. The van der Waals surface area contributed by atoms with Crippen LogP contribution in [0, 0.1) is 12.8 Å². The van der Waals surface area contributed by atoms with Crippen LogP contribution in [-0.4, -0.2) is 15.0 Å². The Bertz CT molecular complexity index is 721. The summed E-state index contributed by atoms with van der Waals surface area (Å²) in [6.07, 6.45) is 1.10. The highest BCUT2D eigenvalue weighted by atomic mass is 32.2. The van der Waals surface area contributed by atoms with Crippen LogP contribution >= 0.6 is 0 Å². The molecule has 2 aromatic carbocycles. The van der Waals surface area contributed by atoms with Crippen molar-refractivity contribution in [2.75, 3.05) is 16.6 Å². The Morgan fingerprint density at radius 1 is 0.913 bits per heavy atom. The van der Waals surface area contributed by atoms with Crippen LogP contribution in [0.15, 0.2) is 53.4 Å². The van der Waals surface area contributed by atoms with E-state index in [-0.39, 0.29) is 4.90 Å². The van der Waals surface area contributed by atoms with Crippen molar-refractivity contribution < 1.29 is 8.42 Å². The van der Waals surface area contributed by atoms with Crippen LogP contribution in [0.4, 0.5) is 11.4 Å². The molecule has 0 radical (unpaired) electrons. The van der Waals surface area contributed by atoms with Crippen LogP contribution in [0.2, 0.25) is 0 Å². The first kappa shape index (κ1) is 17.3. The van der Waals surface area contributed by atoms with Crippen LogP contribution in [0.25, 0.3) is 0 Å². The summed E-state index contributed by atoms with van der Waals surface area (Å²) in [5.41, 5.74) is 2.57. The van der Waals surface area contributed by atoms with Gasteiger partial charge in [-0.2, -0.15) is 0 Å². The van der Waals surface area contributed by atoms with Crippen LogP contribution in [0.3, 0.4) is 0 Å². The third-order valence-corrected chi connectivity index (χ3v) is 4.92. The van der Waals surface area contributed by atoms with E-state index in [1.165, 1.54) is 0 Å². The van der Waals surface area contributed by atoms with Crippen molar-refractivity contribution in [2.45, 2.75) is 32.1 Å². The van der Waals surface area contributed by atoms with Gasteiger partial charge in [0.05, 0.1) is 4.90 Å². The van der Waals surface area contributed by atoms with Gasteiger partial charge in [0, 0.05) is 17.9 Å². The number of anilines is 2. The van der Waals surface area contributed by atoms with Gasteiger partial charge in [-0.3, -0.25) is 4.72 Å². The molecule has 23 heavy (non-hydrogen) atoms. The fraction of sp³-hybridized carbons (Fsp3) is 0.333. The quantitative estimate of drug-likeness (QED) is 0.797. The second-order valence-corrected chi connectivity index (χ2v) is 7.79. The van der Waals surface area contributed by atoms with Gasteiger partial charge in [-0.15, -0.1) is 0 Å². The average Bonchev–Trinajstić information content (AvgIpc) is 2.49. The Labute approximate surface area is 139 Å². The van der Waals surface area contributed by atoms with Gasteiger partial charge < -0.3 is 5.32 Å². The van der Waals surface area contributed by atoms with Crippen LogP contribution in [-0.2, 0) is 10.0 Å². The zero-order valence-electron chi connectivity index (χ0n) is 13.8. The van der Waals surface area contributed by atoms with Crippen LogP contribution in [0.1, 0.15) is 25.8 Å². The van der Waals surface area contributed by atoms with E-state index >= 15 is 0 Å². The minimum atomic E-state index is -3.54. The summed E-state index contributed by atoms with van der Waals surface area (Å²) in [5, 5.41) is 3.33. The number of nitrogens with one attached hydrogen (secondary N) is 2. The fourth-order valence-corrected chi connectivity index (χ4v) is 3.15. The summed E-state index contributed by atoms with van der Waals surface area (Å²) in [4.78, 5) is 0.266. The molecule has 0 fully saturated rings. The number of aryl methyl sites for hydroxylation is 1. The molecule has 0 aliphatic carbocycles. The lowest BCUT2D eigenvalue weighted by Gasteiger charge is -2.11. The molecule has 2 N–H and O–H groups in total. The van der Waals surface area contributed by atoms with Crippen LogP contribution < -0.4 is 10.0 Å². The molecule has 0 aromatic heterocycles. The zero-order valence-corrected chi connectivity index (χ0v) is 14.7. The molecule has 0 amide bonds. The number of hydrogen-bond acceptors (Lipinski definition) is 3. The summed E-state index contributed by atoms with van der Waals surface area (Å²) in [6.45, 7) is 7.20. The average molecular weight is 332 g/mol. The third-order valence-electron chi connectivity index (χ3n) is 3.52. The molecule has 0 bridgehead atoms. The predicted octanol–water partition coefficient (Wildman–Crippen LogP) is 4.25. The molecule has 0 unspecified atom stereocenters. The summed E-state index contributed by atoms with van der Waals surface area (Å²) in [5.74, 6) is 0.656. The molecule has 0 saturated heterocycles. The Morgan fingerprint density at radius 2 is 1.48 bits per heavy atom. The standard InChI is InChI=1S/C18H24N2O2S/c1-14(2)12-13-19-16-6-8-17(9-7-16)20-23(21,22)18-10-4-15(3)5-11-18/h4-11,14,19-20H,12-13H2,1-3H3. The summed E-state index contributed by atoms with van der Waals surface area (Å²) >= 11 is 0. The number of hydrogen-bond donors (Lipinski definition) is 2. The first-order chi connectivity index (χ1) is 10.9. The molecule has 4 nitrogen and oxygen atoms in total. The molecule has 0 saturated carbocycles. The van der Waals surface area contributed by atoms with Gasteiger partial charge in [-0.05, 0) is 55.7 Å². The molecule has 0 aliphatic rings. The monoisotopic (exact) mass is 332 g/mol. The highest BCUT2D eigenvalue weighted by Gasteiger charge is 2.13. The van der Waals surface area contributed by atoms with E-state index in [0.29, 0.717) is 11.6 Å². The molecule has 0 heterocycles. The van der Waals surface area contributed by atoms with E-state index in [2.05, 4.69) is 23.9 Å². The van der Waals surface area contributed by atoms with Gasteiger partial charge in [0.1, 0.15) is 0 Å². The fourth-order valence-electron chi connectivity index (χ4n) is 2.09. The third kappa shape index (κ3) is 5.28. The topological polar surface area (TPSA) is 58.2 Å². The molecular formula is C18H24N2O2S. The van der Waals surface area contributed by atoms with Crippen molar-refractivity contribution in [3.05, 3.63) is 54.1 Å². The molecule has 2 aromatic rings. The second-order valence-electron chi connectivity index (χ2n) is 6.11. The normalized spacial score (nSPS) is 11.5. The molecular weight excluding hydrogens is 308 g/mol. The maximum atomic E-state index is 12.3. The predicted molar refractivity (Wildman–Crippen MR) is 96.4 cm³/mol. The summed E-state index contributed by atoms with van der Waals surface area (Å²) in [6, 6.07) is 14.1. The Hall–Kier alpha value is -2.01. The maximum Gasteiger partial charge on any atom is 0.261 e. The Balaban J connectivity index is 2.01. The van der Waals surface area contributed by atoms with Gasteiger partial charge in [-0.1, -0.05) is 31.5 Å². The van der Waals surface area contributed by atoms with E-state index < -0.39 is 10.0 Å². The lowest BCUT2D eigenvalue weighted by atomic mass is 10.1. The maximum absolute atomic E-state index is 12.3. The van der Waals surface area contributed by atoms with Crippen molar-refractivity contribution in [3.8, 4) is 0 Å². The Morgan fingerprint density at radius 3 is 2.04 bits per heavy atom. The largest absolute Gasteiger partial charge is 0.385 e. The highest BCUT2D eigenvalue weighted by Crippen LogP contribution is 2.19. The number of benzene rings is 2. The molecule has 0 atom stereocenters. The van der Waals surface area contributed by atoms with Gasteiger partial charge in [-0.25, -0.2) is 8.42 Å². The number of rotatable bonds is 7. The summed E-state index contributed by atoms with van der Waals surface area (Å²) < 4.78 is 27.2. The van der Waals surface area contributed by atoms with Gasteiger partial charge >= 0.3 is 0 Å². The SMILES string of the molecule is Cc1ccc(S(=O)(=O)Nc2ccc(NCCC(C)C)cc2)cc1. The van der Waals surface area contributed by atoms with E-state index in [1.54, 1.807) is 36.4 Å².